The van der Waals surface area contributed by atoms with Crippen LogP contribution in [0.15, 0.2) is 36.5 Å². The van der Waals surface area contributed by atoms with E-state index in [9.17, 15) is 39.0 Å². The van der Waals surface area contributed by atoms with Gasteiger partial charge >= 0.3 is 11.9 Å². The normalized spacial score (nSPS) is 49.5. The van der Waals surface area contributed by atoms with E-state index < -0.39 is 0 Å². The van der Waals surface area contributed by atoms with Gasteiger partial charge in [0.05, 0.1) is 19.8 Å². The van der Waals surface area contributed by atoms with Crippen LogP contribution in [0, 0.1) is 170 Å². The molecule has 0 aromatic rings. The summed E-state index contributed by atoms with van der Waals surface area (Å²) < 4.78 is 11.5. The van der Waals surface area contributed by atoms with Gasteiger partial charge < -0.3 is 19.7 Å². The van der Waals surface area contributed by atoms with Crippen LogP contribution in [0.2, 0.25) is 0 Å². The van der Waals surface area contributed by atoms with Crippen molar-refractivity contribution in [2.24, 2.45) is 170 Å². The molecule has 0 aromatic heterocycles. The number of rotatable bonds is 9. The van der Waals surface area contributed by atoms with Crippen LogP contribution in [0.25, 0.3) is 0 Å². The van der Waals surface area contributed by atoms with E-state index in [0.717, 1.165) is 69.8 Å². The molecule has 15 aliphatic rings. The molecule has 602 valence electrons. The number of aliphatic hydroxyl groups excluding tert-OH is 2. The lowest BCUT2D eigenvalue weighted by atomic mass is 9.32. The summed E-state index contributed by atoms with van der Waals surface area (Å²) >= 11 is 4.64. The van der Waals surface area contributed by atoms with Crippen molar-refractivity contribution in [1.82, 2.24) is 0 Å². The Morgan fingerprint density at radius 3 is 0.935 bits per heavy atom. The number of ether oxygens (including phenoxy) is 2. The molecular formula is C96H151ClO10. The second kappa shape index (κ2) is 28.2. The molecule has 15 aliphatic carbocycles. The predicted molar refractivity (Wildman–Crippen MR) is 430 cm³/mol. The standard InChI is InChI=1S/C32H50O4.C32H50O3.C30H48O2.C2H3ClO/c1-20(18-33)22-10-15-32(19-36-21(2)34)17-16-30(6)23(27(22)32)8-9-25-29(5)13-12-26(35)28(3,4)24(29)11-14-31(25,30)7;1-20(2)22-11-16-32(19-35-21(3)33)18-17-30(7)23(27(22)32)9-10-25-29(6)14-13-26(34)28(4,5)24(29)12-15-31(25,30)8;1-19(2)20-10-15-30(18-31)17-16-28(6)21(25(20)30)8-9-23-27(5)13-12-24(32)26(3,4)22(27)11-14-29(23,28)7;1-2(3)4/h22-25,27,33H,1,8-19H2,2-7H3;22-25,27H,1,9-19H2,2-8H3;20-23,25,31H,1,8-18H2,2-7H3;1H3/t2*22-,23+,24-,25+,27+,29-,30+,31+,32+;20-,21+,22-,23+,25+,27-,28+,29+,30+;/m000./s1. The van der Waals surface area contributed by atoms with Gasteiger partial charge in [0, 0.05) is 73.7 Å². The Labute approximate surface area is 654 Å². The van der Waals surface area contributed by atoms with E-state index >= 15 is 0 Å². The van der Waals surface area contributed by atoms with Gasteiger partial charge in [0.25, 0.3) is 0 Å². The van der Waals surface area contributed by atoms with Crippen molar-refractivity contribution in [2.75, 3.05) is 26.4 Å². The fourth-order valence-electron chi connectivity index (χ4n) is 34.5. The molecule has 0 saturated heterocycles. The fraction of sp³-hybridized carbons (Fsp3) is 0.875. The molecule has 0 heterocycles. The van der Waals surface area contributed by atoms with E-state index in [2.05, 4.69) is 149 Å². The van der Waals surface area contributed by atoms with Crippen LogP contribution in [-0.2, 0) is 38.2 Å². The zero-order valence-corrected chi connectivity index (χ0v) is 72.1. The monoisotopic (exact) mass is 1500 g/mol. The number of hydrogen-bond acceptors (Lipinski definition) is 10. The van der Waals surface area contributed by atoms with Crippen molar-refractivity contribution >= 4 is 46.1 Å². The molecule has 0 aromatic carbocycles. The fourth-order valence-corrected chi connectivity index (χ4v) is 34.5. The second-order valence-electron chi connectivity index (χ2n) is 44.7. The Kier molecular flexibility index (Phi) is 22.0. The molecule has 0 aliphatic heterocycles. The maximum atomic E-state index is 13.0. The summed E-state index contributed by atoms with van der Waals surface area (Å²) in [6.07, 6.45) is 34.5. The van der Waals surface area contributed by atoms with Crippen LogP contribution >= 0.6 is 11.6 Å². The summed E-state index contributed by atoms with van der Waals surface area (Å²) in [7, 11) is 0. The first-order valence-electron chi connectivity index (χ1n) is 43.8. The van der Waals surface area contributed by atoms with Gasteiger partial charge in [-0.25, -0.2) is 0 Å². The zero-order valence-electron chi connectivity index (χ0n) is 71.4. The number of allylic oxidation sites excluding steroid dienone is 2. The minimum Gasteiger partial charge on any atom is -0.465 e. The lowest BCUT2D eigenvalue weighted by Gasteiger charge is -2.72. The highest BCUT2D eigenvalue weighted by molar-refractivity contribution is 6.62. The smallest absolute Gasteiger partial charge is 0.302 e. The van der Waals surface area contributed by atoms with Crippen molar-refractivity contribution in [3.63, 3.8) is 0 Å². The van der Waals surface area contributed by atoms with Gasteiger partial charge in [0.1, 0.15) is 17.3 Å². The van der Waals surface area contributed by atoms with Crippen LogP contribution in [0.5, 0.6) is 0 Å². The first-order chi connectivity index (χ1) is 49.6. The third-order valence-electron chi connectivity index (χ3n) is 40.5. The molecule has 0 radical (unpaired) electrons. The van der Waals surface area contributed by atoms with E-state index in [4.69, 9.17) is 9.47 Å². The molecule has 0 bridgehead atoms. The first kappa shape index (κ1) is 83.5. The number of carbonyl (C=O) groups is 6. The Bertz CT molecular complexity index is 3520. The highest BCUT2D eigenvalue weighted by atomic mass is 35.5. The van der Waals surface area contributed by atoms with Crippen molar-refractivity contribution < 1.29 is 48.5 Å². The topological polar surface area (TPSA) is 161 Å². The number of ketones is 3. The molecule has 27 atom stereocenters. The maximum absolute atomic E-state index is 13.0. The van der Waals surface area contributed by atoms with Gasteiger partial charge in [-0.15, -0.1) is 0 Å². The number of Topliss-reactive ketones (excluding diaryl/α,β-unsaturated/α-hetero) is 3. The summed E-state index contributed by atoms with van der Waals surface area (Å²) in [4.78, 5) is 71.8. The van der Waals surface area contributed by atoms with E-state index in [1.165, 1.54) is 153 Å². The minimum absolute atomic E-state index is 0.0160. The van der Waals surface area contributed by atoms with Crippen LogP contribution in [0.4, 0.5) is 0 Å². The van der Waals surface area contributed by atoms with E-state index in [0.29, 0.717) is 142 Å². The number of hydrogen-bond donors (Lipinski definition) is 2. The number of esters is 2. The van der Waals surface area contributed by atoms with Gasteiger partial charge in [-0.05, 0) is 347 Å². The first-order valence-corrected chi connectivity index (χ1v) is 44.2. The molecular weight excluding hydrogens is 1350 g/mol. The number of halogens is 1. The molecule has 0 amide bonds. The Morgan fingerprint density at radius 1 is 0.364 bits per heavy atom. The Balaban J connectivity index is 0.000000147. The van der Waals surface area contributed by atoms with Gasteiger partial charge in [-0.2, -0.15) is 0 Å². The third kappa shape index (κ3) is 12.3. The molecule has 2 N–H and O–H groups in total. The molecule has 0 unspecified atom stereocenters. The number of carbonyl (C=O) groups excluding carboxylic acids is 6. The molecule has 15 saturated carbocycles. The molecule has 15 fully saturated rings. The lowest BCUT2D eigenvalue weighted by molar-refractivity contribution is -0.237. The van der Waals surface area contributed by atoms with E-state index in [-0.39, 0.29) is 88.8 Å². The van der Waals surface area contributed by atoms with Gasteiger partial charge in [0.2, 0.25) is 5.24 Å². The van der Waals surface area contributed by atoms with E-state index in [1.807, 2.05) is 0 Å². The number of fused-ring (bicyclic) bond motifs is 21. The maximum Gasteiger partial charge on any atom is 0.302 e. The number of aliphatic hydroxyl groups is 2. The quantitative estimate of drug-likeness (QED) is 0.129. The molecule has 107 heavy (non-hydrogen) atoms. The summed E-state index contributed by atoms with van der Waals surface area (Å²) in [6.45, 7) is 60.5. The van der Waals surface area contributed by atoms with Gasteiger partial charge in [-0.1, -0.05) is 135 Å². The largest absolute Gasteiger partial charge is 0.465 e. The molecule has 15 rings (SSSR count). The third-order valence-corrected chi connectivity index (χ3v) is 40.5. The summed E-state index contributed by atoms with van der Waals surface area (Å²) in [6, 6.07) is 0. The highest BCUT2D eigenvalue weighted by Crippen LogP contribution is 2.82. The van der Waals surface area contributed by atoms with Crippen LogP contribution < -0.4 is 0 Å². The molecule has 10 nitrogen and oxygen atoms in total. The Hall–Kier alpha value is -2.95. The predicted octanol–water partition coefficient (Wildman–Crippen LogP) is 22.5. The minimum atomic E-state index is -0.361. The van der Waals surface area contributed by atoms with Crippen molar-refractivity contribution in [3.8, 4) is 0 Å². The lowest BCUT2D eigenvalue weighted by Crippen LogP contribution is -2.66. The SMILES string of the molecule is C=C(C)[C@@H]1CC[C@]2(CO)CC[C@]3(C)[C@H](CC[C@@H]4[C@@]5(C)CCC(=O)C(C)(C)[C@@H]5CC[C@]43C)[C@@H]12.C=C(C)[C@@H]1CC[C@]2(COC(C)=O)CC[C@]3(C)[C@H](CC[C@@H]4[C@@]5(C)CCC(=O)C(C)(C)[C@@H]5CC[C@]43C)[C@@H]12.C=C(CO)[C@@H]1CC[C@]2(COC(C)=O)CC[C@]3(C)[C@H](CC[C@@H]4[C@@]5(C)CCC(=O)C(C)(C)[C@@H]5CC[C@]43C)[C@@H]12.CC(=O)Cl. The molecule has 11 heteroatoms. The second-order valence-corrected chi connectivity index (χ2v) is 45.3. The van der Waals surface area contributed by atoms with Crippen molar-refractivity contribution in [1.29, 1.82) is 0 Å². The summed E-state index contributed by atoms with van der Waals surface area (Å²) in [5.74, 6) is 9.68. The summed E-state index contributed by atoms with van der Waals surface area (Å²) in [5.41, 5.74) is 5.83. The van der Waals surface area contributed by atoms with Gasteiger partial charge in [0.15, 0.2) is 0 Å². The van der Waals surface area contributed by atoms with Crippen molar-refractivity contribution in [2.45, 2.75) is 331 Å². The van der Waals surface area contributed by atoms with Crippen LogP contribution in [0.3, 0.4) is 0 Å². The average molecular weight is 1500 g/mol. The van der Waals surface area contributed by atoms with Crippen LogP contribution in [-0.4, -0.2) is 71.2 Å². The zero-order chi connectivity index (χ0) is 78.8. The average Bonchev–Trinajstić information content (AvgIpc) is 1.69. The van der Waals surface area contributed by atoms with E-state index in [1.54, 1.807) is 6.92 Å². The Morgan fingerprint density at radius 2 is 0.645 bits per heavy atom. The highest BCUT2D eigenvalue weighted by Gasteiger charge is 2.76. The van der Waals surface area contributed by atoms with Crippen molar-refractivity contribution in [3.05, 3.63) is 36.5 Å². The molecule has 0 spiro atoms. The van der Waals surface area contributed by atoms with Crippen LogP contribution in [0.1, 0.15) is 331 Å². The summed E-state index contributed by atoms with van der Waals surface area (Å²) in [5, 5.41) is 20.4. The van der Waals surface area contributed by atoms with Gasteiger partial charge in [-0.3, -0.25) is 28.8 Å².